The lowest BCUT2D eigenvalue weighted by atomic mass is 10.3. The Hall–Kier alpha value is 0.194. The molecule has 0 bridgehead atoms. The van der Waals surface area contributed by atoms with Crippen molar-refractivity contribution in [2.24, 2.45) is 0 Å². The van der Waals surface area contributed by atoms with Crippen LogP contribution >= 0.6 is 0 Å². The molecule has 1 heterocycles. The Kier molecular flexibility index (Phi) is 9.33. The van der Waals surface area contributed by atoms with Gasteiger partial charge in [0, 0.05) is 54.2 Å². The van der Waals surface area contributed by atoms with Crippen LogP contribution in [0, 0.1) is 0 Å². The fraction of sp³-hybridized carbons (Fsp3) is 1.00. The van der Waals surface area contributed by atoms with Gasteiger partial charge in [0.25, 0.3) is 0 Å². The highest BCUT2D eigenvalue weighted by molar-refractivity contribution is 6.67. The highest BCUT2D eigenvalue weighted by atomic mass is 28.4. The van der Waals surface area contributed by atoms with Crippen molar-refractivity contribution in [3.8, 4) is 0 Å². The Labute approximate surface area is 137 Å². The summed E-state index contributed by atoms with van der Waals surface area (Å²) in [6.07, 6.45) is 3.43. The van der Waals surface area contributed by atoms with Gasteiger partial charge in [-0.3, -0.25) is 0 Å². The molecule has 132 valence electrons. The lowest BCUT2D eigenvalue weighted by Gasteiger charge is -2.33. The molecule has 1 rings (SSSR count). The van der Waals surface area contributed by atoms with Gasteiger partial charge in [0.15, 0.2) is 0 Å². The van der Waals surface area contributed by atoms with Crippen LogP contribution in [0.4, 0.5) is 0 Å². The van der Waals surface area contributed by atoms with Gasteiger partial charge in [0.2, 0.25) is 0 Å². The number of hydrogen-bond donors (Lipinski definition) is 0. The van der Waals surface area contributed by atoms with Crippen LogP contribution in [0.3, 0.4) is 0 Å². The first-order valence-electron chi connectivity index (χ1n) is 8.07. The zero-order chi connectivity index (χ0) is 16.5. The van der Waals surface area contributed by atoms with Gasteiger partial charge in [0.05, 0.1) is 0 Å². The minimum absolute atomic E-state index is 0.851. The minimum Gasteiger partial charge on any atom is -0.398 e. The van der Waals surface area contributed by atoms with Crippen molar-refractivity contribution in [3.63, 3.8) is 0 Å². The predicted octanol–water partition coefficient (Wildman–Crippen LogP) is 2.09. The summed E-state index contributed by atoms with van der Waals surface area (Å²) in [7, 11) is 4.23. The molecule has 1 aliphatic rings. The number of nitrogens with zero attached hydrogens (tertiary/aromatic N) is 1. The van der Waals surface area contributed by atoms with Crippen LogP contribution in [0.25, 0.3) is 0 Å². The average Bonchev–Trinajstić information content (AvgIpc) is 2.55. The first kappa shape index (κ1) is 20.2. The maximum atomic E-state index is 5.76. The Morgan fingerprint density at radius 1 is 0.864 bits per heavy atom. The second-order valence-corrected chi connectivity index (χ2v) is 12.5. The standard InChI is InChI=1S/C14H33NO5Si2/c1-16-21(17-2)12-7-6-9-15(11-14-21)10-8-13-22(18-3,19-4)20-5/h6-14H2,1-5H3. The molecule has 0 aliphatic carbocycles. The fourth-order valence-electron chi connectivity index (χ4n) is 3.09. The van der Waals surface area contributed by atoms with E-state index >= 15 is 0 Å². The Morgan fingerprint density at radius 3 is 2.05 bits per heavy atom. The Balaban J connectivity index is 2.45. The van der Waals surface area contributed by atoms with E-state index in [0.29, 0.717) is 0 Å². The molecule has 1 fully saturated rings. The van der Waals surface area contributed by atoms with E-state index in [9.17, 15) is 0 Å². The van der Waals surface area contributed by atoms with E-state index in [2.05, 4.69) is 4.90 Å². The van der Waals surface area contributed by atoms with Crippen LogP contribution in [0.2, 0.25) is 18.1 Å². The molecule has 1 saturated heterocycles. The van der Waals surface area contributed by atoms with E-state index in [-0.39, 0.29) is 0 Å². The van der Waals surface area contributed by atoms with Crippen molar-refractivity contribution in [2.75, 3.05) is 55.2 Å². The quantitative estimate of drug-likeness (QED) is 0.593. The molecule has 0 amide bonds. The van der Waals surface area contributed by atoms with Gasteiger partial charge in [-0.25, -0.2) is 0 Å². The molecule has 0 aromatic heterocycles. The smallest absolute Gasteiger partial charge is 0.398 e. The summed E-state index contributed by atoms with van der Waals surface area (Å²) in [4.78, 5) is 2.51. The highest BCUT2D eigenvalue weighted by Gasteiger charge is 2.38. The first-order valence-corrected chi connectivity index (χ1v) is 12.2. The van der Waals surface area contributed by atoms with E-state index in [1.165, 1.54) is 12.8 Å². The second kappa shape index (κ2) is 10.1. The molecule has 0 aromatic rings. The molecule has 0 atom stereocenters. The summed E-state index contributed by atoms with van der Waals surface area (Å²) in [6.45, 7) is 3.25. The van der Waals surface area contributed by atoms with E-state index in [4.69, 9.17) is 22.1 Å². The SMILES string of the molecule is CO[Si]1(OC)CCCCN(CCC[Si](OC)(OC)OC)CC1. The van der Waals surface area contributed by atoms with E-state index < -0.39 is 17.4 Å². The molecule has 0 spiro atoms. The molecule has 6 nitrogen and oxygen atoms in total. The maximum absolute atomic E-state index is 5.76. The monoisotopic (exact) mass is 351 g/mol. The van der Waals surface area contributed by atoms with Gasteiger partial charge in [-0.2, -0.15) is 0 Å². The van der Waals surface area contributed by atoms with Crippen LogP contribution in [0.5, 0.6) is 0 Å². The average molecular weight is 352 g/mol. The van der Waals surface area contributed by atoms with Crippen molar-refractivity contribution in [1.82, 2.24) is 4.90 Å². The number of hydrogen-bond acceptors (Lipinski definition) is 6. The van der Waals surface area contributed by atoms with Gasteiger partial charge in [-0.15, -0.1) is 0 Å². The van der Waals surface area contributed by atoms with Gasteiger partial charge in [0.1, 0.15) is 0 Å². The van der Waals surface area contributed by atoms with Gasteiger partial charge >= 0.3 is 17.4 Å². The van der Waals surface area contributed by atoms with Crippen molar-refractivity contribution < 1.29 is 22.1 Å². The fourth-order valence-corrected chi connectivity index (χ4v) is 7.47. The summed E-state index contributed by atoms with van der Waals surface area (Å²) in [5.74, 6) is 0. The molecule has 0 unspecified atom stereocenters. The molecule has 0 aromatic carbocycles. The molecular formula is C14H33NO5Si2. The zero-order valence-corrected chi connectivity index (χ0v) is 16.9. The van der Waals surface area contributed by atoms with E-state index in [1.807, 2.05) is 0 Å². The zero-order valence-electron chi connectivity index (χ0n) is 14.9. The van der Waals surface area contributed by atoms with Gasteiger partial charge in [-0.1, -0.05) is 6.42 Å². The van der Waals surface area contributed by atoms with Crippen molar-refractivity contribution in [2.45, 2.75) is 37.4 Å². The van der Waals surface area contributed by atoms with E-state index in [0.717, 1.165) is 44.2 Å². The summed E-state index contributed by atoms with van der Waals surface area (Å²) < 4.78 is 28.0. The van der Waals surface area contributed by atoms with Crippen LogP contribution < -0.4 is 0 Å². The summed E-state index contributed by atoms with van der Waals surface area (Å²) in [5, 5.41) is 0. The Morgan fingerprint density at radius 2 is 1.50 bits per heavy atom. The van der Waals surface area contributed by atoms with Gasteiger partial charge < -0.3 is 27.0 Å². The molecule has 0 saturated carbocycles. The lowest BCUT2D eigenvalue weighted by Crippen LogP contribution is -2.46. The summed E-state index contributed by atoms with van der Waals surface area (Å²) in [5.41, 5.74) is 0. The third-order valence-electron chi connectivity index (χ3n) is 4.73. The van der Waals surface area contributed by atoms with Crippen LogP contribution in [0.15, 0.2) is 0 Å². The second-order valence-electron chi connectivity index (χ2n) is 5.77. The maximum Gasteiger partial charge on any atom is 0.500 e. The summed E-state index contributed by atoms with van der Waals surface area (Å²) >= 11 is 0. The minimum atomic E-state index is -2.43. The molecule has 8 heteroatoms. The molecule has 0 radical (unpaired) electrons. The number of rotatable bonds is 9. The first-order chi connectivity index (χ1) is 10.6. The van der Waals surface area contributed by atoms with Crippen molar-refractivity contribution in [3.05, 3.63) is 0 Å². The molecule has 1 aliphatic heterocycles. The van der Waals surface area contributed by atoms with E-state index in [1.54, 1.807) is 35.5 Å². The summed E-state index contributed by atoms with van der Waals surface area (Å²) in [6, 6.07) is 3.01. The van der Waals surface area contributed by atoms with Crippen LogP contribution in [-0.2, 0) is 22.1 Å². The van der Waals surface area contributed by atoms with Gasteiger partial charge in [-0.05, 0) is 32.0 Å². The molecule has 0 N–H and O–H groups in total. The van der Waals surface area contributed by atoms with Crippen LogP contribution in [-0.4, -0.2) is 77.4 Å². The predicted molar refractivity (Wildman–Crippen MR) is 91.3 cm³/mol. The topological polar surface area (TPSA) is 49.4 Å². The normalized spacial score (nSPS) is 20.6. The molecule has 22 heavy (non-hydrogen) atoms. The highest BCUT2D eigenvalue weighted by Crippen LogP contribution is 2.24. The largest absolute Gasteiger partial charge is 0.500 e. The van der Waals surface area contributed by atoms with Crippen LogP contribution in [0.1, 0.15) is 19.3 Å². The lowest BCUT2D eigenvalue weighted by molar-refractivity contribution is 0.121. The third-order valence-corrected chi connectivity index (χ3v) is 11.1. The third kappa shape index (κ3) is 5.68. The van der Waals surface area contributed by atoms with Crippen molar-refractivity contribution >= 4 is 17.4 Å². The molecular weight excluding hydrogens is 318 g/mol. The Bertz CT molecular complexity index is 293. The van der Waals surface area contributed by atoms with Crippen molar-refractivity contribution in [1.29, 1.82) is 0 Å².